The molecule has 1 heterocycles. The summed E-state index contributed by atoms with van der Waals surface area (Å²) in [6.45, 7) is 0. The molecule has 1 nitrogen and oxygen atoms in total. The lowest BCUT2D eigenvalue weighted by molar-refractivity contribution is 0.146. The van der Waals surface area contributed by atoms with Gasteiger partial charge in [0.15, 0.2) is 0 Å². The van der Waals surface area contributed by atoms with Crippen molar-refractivity contribution < 1.29 is 8.78 Å². The maximum atomic E-state index is 12.2. The van der Waals surface area contributed by atoms with E-state index in [-0.39, 0.29) is 10.8 Å². The molecular weight excluding hydrogens is 378 g/mol. The molecule has 0 saturated carbocycles. The van der Waals surface area contributed by atoms with Crippen LogP contribution in [0.2, 0.25) is 5.15 Å². The minimum absolute atomic E-state index is 0.138. The van der Waals surface area contributed by atoms with Crippen molar-refractivity contribution in [1.29, 1.82) is 0 Å². The number of pyridine rings is 1. The van der Waals surface area contributed by atoms with Crippen LogP contribution in [0, 0.1) is 3.57 Å². The maximum absolute atomic E-state index is 12.2. The lowest BCUT2D eigenvalue weighted by Gasteiger charge is -2.05. The van der Waals surface area contributed by atoms with Crippen LogP contribution in [0.5, 0.6) is 0 Å². The van der Waals surface area contributed by atoms with Crippen LogP contribution in [-0.2, 0) is 5.33 Å². The number of aromatic nitrogens is 1. The lowest BCUT2D eigenvalue weighted by Crippen LogP contribution is -1.96. The van der Waals surface area contributed by atoms with E-state index in [1.165, 1.54) is 6.07 Å². The van der Waals surface area contributed by atoms with Gasteiger partial charge in [-0.25, -0.2) is 13.8 Å². The Balaban J connectivity index is 3.20. The summed E-state index contributed by atoms with van der Waals surface area (Å²) in [7, 11) is 0. The highest BCUT2D eigenvalue weighted by Crippen LogP contribution is 2.27. The van der Waals surface area contributed by atoms with Gasteiger partial charge in [0.25, 0.3) is 6.43 Å². The van der Waals surface area contributed by atoms with E-state index in [1.807, 2.05) is 22.6 Å². The normalized spacial score (nSPS) is 10.9. The minimum atomic E-state index is -2.57. The summed E-state index contributed by atoms with van der Waals surface area (Å²) < 4.78 is 25.2. The molecule has 0 unspecified atom stereocenters. The summed E-state index contributed by atoms with van der Waals surface area (Å²) in [6.07, 6.45) is -2.57. The van der Waals surface area contributed by atoms with Crippen molar-refractivity contribution in [3.8, 4) is 0 Å². The predicted octanol–water partition coefficient (Wildman–Crippen LogP) is 4.17. The van der Waals surface area contributed by atoms with Crippen LogP contribution in [0.4, 0.5) is 8.78 Å². The summed E-state index contributed by atoms with van der Waals surface area (Å²) in [5.41, 5.74) is 0.464. The maximum Gasteiger partial charge on any atom is 0.280 e. The van der Waals surface area contributed by atoms with E-state index in [1.54, 1.807) is 0 Å². The van der Waals surface area contributed by atoms with Crippen molar-refractivity contribution in [2.45, 2.75) is 11.8 Å². The fourth-order valence-corrected chi connectivity index (χ4v) is 3.20. The van der Waals surface area contributed by atoms with Crippen molar-refractivity contribution >= 4 is 50.1 Å². The van der Waals surface area contributed by atoms with Gasteiger partial charge in [-0.05, 0) is 28.7 Å². The van der Waals surface area contributed by atoms with Gasteiger partial charge in [0.2, 0.25) is 0 Å². The molecule has 0 aliphatic carbocycles. The van der Waals surface area contributed by atoms with E-state index in [9.17, 15) is 8.78 Å². The number of nitrogens with zero attached hydrogens (tertiary/aromatic N) is 1. The molecule has 0 spiro atoms. The number of halogens is 5. The van der Waals surface area contributed by atoms with Gasteiger partial charge in [-0.1, -0.05) is 27.5 Å². The standard InChI is InChI=1S/C7H4BrClF2IN/c8-2-3-4(12)1-5(7(10)11)13-6(3)9/h1,7H,2H2. The second-order valence-electron chi connectivity index (χ2n) is 2.23. The zero-order valence-corrected chi connectivity index (χ0v) is 10.7. The van der Waals surface area contributed by atoms with Gasteiger partial charge in [0, 0.05) is 14.5 Å². The molecule has 0 aromatic carbocycles. The Kier molecular flexibility index (Phi) is 4.31. The molecule has 0 bridgehead atoms. The fraction of sp³-hybridized carbons (Fsp3) is 0.286. The molecule has 0 saturated heterocycles. The molecule has 72 valence electrons. The lowest BCUT2D eigenvalue weighted by atomic mass is 10.3. The Labute approximate surface area is 101 Å². The third kappa shape index (κ3) is 2.73. The monoisotopic (exact) mass is 381 g/mol. The molecule has 0 fully saturated rings. The topological polar surface area (TPSA) is 12.9 Å². The number of rotatable bonds is 2. The fourth-order valence-electron chi connectivity index (χ4n) is 0.759. The average molecular weight is 382 g/mol. The summed E-state index contributed by atoms with van der Waals surface area (Å²) in [5, 5.41) is 0.653. The Morgan fingerprint density at radius 2 is 2.23 bits per heavy atom. The highest BCUT2D eigenvalue weighted by atomic mass is 127. The highest BCUT2D eigenvalue weighted by Gasteiger charge is 2.14. The van der Waals surface area contributed by atoms with Crippen LogP contribution in [-0.4, -0.2) is 4.98 Å². The Morgan fingerprint density at radius 3 is 2.62 bits per heavy atom. The number of hydrogen-bond donors (Lipinski definition) is 0. The van der Waals surface area contributed by atoms with E-state index < -0.39 is 6.43 Å². The van der Waals surface area contributed by atoms with E-state index >= 15 is 0 Å². The van der Waals surface area contributed by atoms with Crippen molar-refractivity contribution in [3.05, 3.63) is 26.0 Å². The molecule has 0 radical (unpaired) electrons. The van der Waals surface area contributed by atoms with E-state index in [2.05, 4.69) is 20.9 Å². The van der Waals surface area contributed by atoms with Crippen molar-refractivity contribution in [2.24, 2.45) is 0 Å². The number of alkyl halides is 3. The molecule has 0 aliphatic rings. The summed E-state index contributed by atoms with van der Waals surface area (Å²) in [5.74, 6) is 0. The molecular formula is C7H4BrClF2IN. The van der Waals surface area contributed by atoms with Crippen molar-refractivity contribution in [2.75, 3.05) is 0 Å². The van der Waals surface area contributed by atoms with E-state index in [0.29, 0.717) is 8.90 Å². The molecule has 0 amide bonds. The Hall–Kier alpha value is 0.510. The summed E-state index contributed by atoms with van der Waals surface area (Å²) in [6, 6.07) is 1.34. The molecule has 6 heteroatoms. The molecule has 1 rings (SSSR count). The molecule has 0 N–H and O–H groups in total. The van der Waals surface area contributed by atoms with E-state index in [0.717, 1.165) is 5.56 Å². The average Bonchev–Trinajstić information content (AvgIpc) is 2.03. The van der Waals surface area contributed by atoms with Gasteiger partial charge >= 0.3 is 0 Å². The molecule has 1 aromatic rings. The smallest absolute Gasteiger partial charge is 0.235 e. The van der Waals surface area contributed by atoms with Crippen LogP contribution in [0.3, 0.4) is 0 Å². The molecule has 1 aromatic heterocycles. The molecule has 13 heavy (non-hydrogen) atoms. The van der Waals surface area contributed by atoms with Crippen LogP contribution in [0.25, 0.3) is 0 Å². The van der Waals surface area contributed by atoms with Crippen LogP contribution >= 0.6 is 50.1 Å². The third-order valence-corrected chi connectivity index (χ3v) is 3.23. The zero-order valence-electron chi connectivity index (χ0n) is 6.20. The Morgan fingerprint density at radius 1 is 1.62 bits per heavy atom. The highest BCUT2D eigenvalue weighted by molar-refractivity contribution is 14.1. The first kappa shape index (κ1) is 11.6. The van der Waals surface area contributed by atoms with Crippen LogP contribution in [0.1, 0.15) is 17.7 Å². The first-order valence-corrected chi connectivity index (χ1v) is 5.83. The van der Waals surface area contributed by atoms with Gasteiger partial charge in [-0.2, -0.15) is 0 Å². The molecule has 0 aliphatic heterocycles. The van der Waals surface area contributed by atoms with Gasteiger partial charge in [-0.15, -0.1) is 0 Å². The van der Waals surface area contributed by atoms with Gasteiger partial charge < -0.3 is 0 Å². The van der Waals surface area contributed by atoms with Crippen molar-refractivity contribution in [3.63, 3.8) is 0 Å². The van der Waals surface area contributed by atoms with E-state index in [4.69, 9.17) is 11.6 Å². The first-order chi connectivity index (χ1) is 6.06. The second kappa shape index (κ2) is 4.84. The largest absolute Gasteiger partial charge is 0.280 e. The third-order valence-electron chi connectivity index (χ3n) is 1.40. The Bertz CT molecular complexity index is 298. The predicted molar refractivity (Wildman–Crippen MR) is 59.6 cm³/mol. The zero-order chi connectivity index (χ0) is 10.0. The van der Waals surface area contributed by atoms with Crippen LogP contribution < -0.4 is 0 Å². The second-order valence-corrected chi connectivity index (χ2v) is 4.31. The van der Waals surface area contributed by atoms with Gasteiger partial charge in [0.1, 0.15) is 10.8 Å². The number of hydrogen-bond acceptors (Lipinski definition) is 1. The summed E-state index contributed by atoms with van der Waals surface area (Å²) in [4.78, 5) is 3.58. The minimum Gasteiger partial charge on any atom is -0.235 e. The van der Waals surface area contributed by atoms with Crippen LogP contribution in [0.15, 0.2) is 6.07 Å². The van der Waals surface area contributed by atoms with Gasteiger partial charge in [-0.3, -0.25) is 0 Å². The quantitative estimate of drug-likeness (QED) is 0.425. The molecule has 0 atom stereocenters. The van der Waals surface area contributed by atoms with Crippen molar-refractivity contribution in [1.82, 2.24) is 4.98 Å². The SMILES string of the molecule is FC(F)c1cc(I)c(CBr)c(Cl)n1. The first-order valence-electron chi connectivity index (χ1n) is 3.25. The van der Waals surface area contributed by atoms with Gasteiger partial charge in [0.05, 0.1) is 0 Å². The summed E-state index contributed by atoms with van der Waals surface area (Å²) >= 11 is 10.9.